The molecule has 0 radical (unpaired) electrons. The molecule has 136 valence electrons. The van der Waals surface area contributed by atoms with Gasteiger partial charge in [0.1, 0.15) is 2.82 Å². The summed E-state index contributed by atoms with van der Waals surface area (Å²) in [6.07, 6.45) is -5.42. The molecular formula is C17H14F3N3O2S. The van der Waals surface area contributed by atoms with E-state index < -0.39 is 116 Å². The maximum absolute atomic E-state index is 13.8. The summed E-state index contributed by atoms with van der Waals surface area (Å²) in [6, 6.07) is -12.1. The smallest absolute Gasteiger partial charge is 0.233 e. The minimum absolute atomic E-state index is 0.0409. The molecule has 0 fully saturated rings. The van der Waals surface area contributed by atoms with E-state index in [-0.39, 0.29) is 4.68 Å². The third-order valence-corrected chi connectivity index (χ3v) is 3.56. The quantitative estimate of drug-likeness (QED) is 0.734. The summed E-state index contributed by atoms with van der Waals surface area (Å²) in [4.78, 5) is -1.49. The zero-order valence-corrected chi connectivity index (χ0v) is 13.0. The molecule has 0 unspecified atom stereocenters. The van der Waals surface area contributed by atoms with Crippen molar-refractivity contribution in [1.29, 1.82) is 0 Å². The SMILES string of the molecule is [2H]c1c([2H])c(C([2H])([2H])[2H])c([2H])c([2H])c1-c1c([2H])c(C(F)(F)F)nn1-c1c([2H])c([2H])c(S(=O)(=O)N([2H])[2H])c([2H])c1[2H]. The summed E-state index contributed by atoms with van der Waals surface area (Å²) in [5.41, 5.74) is -6.68. The van der Waals surface area contributed by atoms with Crippen molar-refractivity contribution in [2.24, 2.45) is 5.13 Å². The second-order valence-electron chi connectivity index (χ2n) is 4.63. The Kier molecular flexibility index (Phi) is 1.81. The fraction of sp³-hybridized carbons (Fsp3) is 0.118. The normalized spacial score (nSPS) is 20.6. The highest BCUT2D eigenvalue weighted by molar-refractivity contribution is 7.89. The summed E-state index contributed by atoms with van der Waals surface area (Å²) in [5, 5.41) is 2.21. The molecule has 5 nitrogen and oxygen atoms in total. The minimum atomic E-state index is -5.42. The predicted octanol–water partition coefficient (Wildman–Crippen LogP) is 3.51. The number of halogens is 3. The van der Waals surface area contributed by atoms with Gasteiger partial charge in [0, 0.05) is 9.68 Å². The summed E-state index contributed by atoms with van der Waals surface area (Å²) in [5.74, 6) is 0. The van der Waals surface area contributed by atoms with Crippen LogP contribution in [-0.4, -0.2) is 18.2 Å². The van der Waals surface area contributed by atoms with Crippen molar-refractivity contribution in [3.05, 3.63) is 65.6 Å². The second kappa shape index (κ2) is 6.26. The lowest BCUT2D eigenvalue weighted by Crippen LogP contribution is -2.12. The minimum Gasteiger partial charge on any atom is -0.233 e. The molecule has 26 heavy (non-hydrogen) atoms. The van der Waals surface area contributed by atoms with Gasteiger partial charge in [-0.05, 0) is 37.1 Å². The molecule has 0 amide bonds. The molecule has 1 aromatic heterocycles. The molecule has 0 bridgehead atoms. The van der Waals surface area contributed by atoms with E-state index in [0.717, 1.165) is 0 Å². The van der Waals surface area contributed by atoms with E-state index in [4.69, 9.17) is 19.3 Å². The van der Waals surface area contributed by atoms with Crippen LogP contribution < -0.4 is 5.13 Å². The van der Waals surface area contributed by atoms with Crippen LogP contribution in [0.15, 0.2) is 59.3 Å². The maximum atomic E-state index is 13.8. The Morgan fingerprint density at radius 3 is 2.35 bits per heavy atom. The molecule has 2 aromatic carbocycles. The molecule has 0 saturated heterocycles. The first-order valence-electron chi connectivity index (χ1n) is 13.3. The van der Waals surface area contributed by atoms with Crippen molar-refractivity contribution < 1.29 is 40.9 Å². The van der Waals surface area contributed by atoms with E-state index >= 15 is 0 Å². The number of alkyl halides is 3. The number of nitrogens with two attached hydrogens (primary N) is 1. The van der Waals surface area contributed by atoms with Crippen molar-refractivity contribution in [2.45, 2.75) is 17.9 Å². The lowest BCUT2D eigenvalue weighted by Gasteiger charge is -2.09. The average Bonchev–Trinajstić information content (AvgIpc) is 3.13. The summed E-state index contributed by atoms with van der Waals surface area (Å²) in [7, 11) is -5.27. The van der Waals surface area contributed by atoms with Crippen molar-refractivity contribution in [3.8, 4) is 16.9 Å². The van der Waals surface area contributed by atoms with Crippen molar-refractivity contribution >= 4 is 10.0 Å². The molecular weight excluding hydrogens is 367 g/mol. The summed E-state index contributed by atoms with van der Waals surface area (Å²) >= 11 is 0. The molecule has 9 heteroatoms. The van der Waals surface area contributed by atoms with E-state index in [1.165, 1.54) is 0 Å². The Morgan fingerprint density at radius 2 is 1.81 bits per heavy atom. The molecule has 2 N–H and O–H groups in total. The van der Waals surface area contributed by atoms with Gasteiger partial charge in [-0.1, -0.05) is 29.7 Å². The van der Waals surface area contributed by atoms with Gasteiger partial charge in [0.2, 0.25) is 10.0 Å². The van der Waals surface area contributed by atoms with Crippen LogP contribution in [0.1, 0.15) is 27.7 Å². The largest absolute Gasteiger partial charge is 0.435 e. The first kappa shape index (κ1) is 7.53. The van der Waals surface area contributed by atoms with E-state index in [0.29, 0.717) is 0 Å². The van der Waals surface area contributed by atoms with Crippen LogP contribution >= 0.6 is 0 Å². The van der Waals surface area contributed by atoms with Gasteiger partial charge in [-0.15, -0.1) is 0 Å². The van der Waals surface area contributed by atoms with Gasteiger partial charge < -0.3 is 0 Å². The fourth-order valence-corrected chi connectivity index (χ4v) is 2.12. The van der Waals surface area contributed by atoms with Crippen molar-refractivity contribution in [1.82, 2.24) is 9.78 Å². The van der Waals surface area contributed by atoms with E-state index in [9.17, 15) is 21.6 Å². The number of benzene rings is 2. The standard InChI is InChI=1S/C17H14F3N3O2S/c1-11-2-4-12(5-3-11)15-10-16(17(18,19)20)22-23(15)13-6-8-14(9-7-13)26(21,24)25/h2-10H,1H3,(H2,21,24,25)/i1D3,2D,3D,4D,5D,6D,7D,8D,9D,10D/hD2. The topological polar surface area (TPSA) is 78.0 Å². The first-order chi connectivity index (χ1) is 18.0. The lowest BCUT2D eigenvalue weighted by molar-refractivity contribution is -0.141. The molecule has 0 aliphatic heterocycles. The molecule has 0 aliphatic rings. The zero-order valence-electron chi connectivity index (χ0n) is 26.2. The van der Waals surface area contributed by atoms with Gasteiger partial charge in [0.05, 0.1) is 28.6 Å². The van der Waals surface area contributed by atoms with Crippen LogP contribution in [0.4, 0.5) is 13.2 Å². The summed E-state index contributed by atoms with van der Waals surface area (Å²) in [6.45, 7) is -3.20. The molecule has 3 rings (SSSR count). The van der Waals surface area contributed by atoms with Gasteiger partial charge in [-0.2, -0.15) is 18.3 Å². The molecule has 3 aromatic rings. The third-order valence-electron chi connectivity index (χ3n) is 2.84. The first-order valence-corrected chi connectivity index (χ1v) is 7.85. The number of hydrogen-bond donors (Lipinski definition) is 1. The Bertz CT molecular complexity index is 1610. The Balaban J connectivity index is 2.62. The lowest BCUT2D eigenvalue weighted by atomic mass is 10.1. The van der Waals surface area contributed by atoms with Gasteiger partial charge >= 0.3 is 6.18 Å². The third kappa shape index (κ3) is 3.63. The van der Waals surface area contributed by atoms with Crippen LogP contribution in [-0.2, 0) is 16.2 Å². The number of sulfonamides is 1. The number of aromatic nitrogens is 2. The monoisotopic (exact) mass is 395 g/mol. The van der Waals surface area contributed by atoms with Gasteiger partial charge in [0.15, 0.2) is 5.69 Å². The van der Waals surface area contributed by atoms with Crippen LogP contribution in [0.5, 0.6) is 0 Å². The van der Waals surface area contributed by atoms with E-state index in [1.807, 2.05) is 0 Å². The Hall–Kier alpha value is -2.65. The zero-order chi connectivity index (χ0) is 31.0. The molecule has 0 spiro atoms. The molecule has 0 saturated carbocycles. The number of nitrogens with zero attached hydrogens (tertiary/aromatic N) is 2. The highest BCUT2D eigenvalue weighted by atomic mass is 32.2. The summed E-state index contributed by atoms with van der Waals surface area (Å²) < 4.78 is 175. The van der Waals surface area contributed by atoms with Gasteiger partial charge in [0.25, 0.3) is 0 Å². The van der Waals surface area contributed by atoms with Crippen molar-refractivity contribution in [3.63, 3.8) is 0 Å². The number of primary sulfonamides is 1. The molecule has 1 heterocycles. The van der Waals surface area contributed by atoms with Crippen LogP contribution in [0.2, 0.25) is 2.82 Å². The van der Waals surface area contributed by atoms with Crippen LogP contribution in [0.3, 0.4) is 0 Å². The molecule has 0 atom stereocenters. The van der Waals surface area contributed by atoms with E-state index in [1.54, 1.807) is 0 Å². The van der Waals surface area contributed by atoms with Crippen LogP contribution in [0, 0.1) is 6.85 Å². The average molecular weight is 395 g/mol. The van der Waals surface area contributed by atoms with Crippen molar-refractivity contribution in [2.75, 3.05) is 0 Å². The van der Waals surface area contributed by atoms with Crippen LogP contribution in [0.25, 0.3) is 16.9 Å². The number of hydrogen-bond acceptors (Lipinski definition) is 3. The highest BCUT2D eigenvalue weighted by Crippen LogP contribution is 2.33. The van der Waals surface area contributed by atoms with Gasteiger partial charge in [-0.3, -0.25) is 0 Å². The maximum Gasteiger partial charge on any atom is 0.435 e. The second-order valence-corrected chi connectivity index (χ2v) is 5.99. The van der Waals surface area contributed by atoms with Gasteiger partial charge in [-0.25, -0.2) is 18.2 Å². The Morgan fingerprint density at radius 1 is 1.15 bits per heavy atom. The van der Waals surface area contributed by atoms with E-state index in [2.05, 4.69) is 5.10 Å². The number of rotatable bonds is 4. The predicted molar refractivity (Wildman–Crippen MR) is 90.1 cm³/mol. The highest BCUT2D eigenvalue weighted by Gasteiger charge is 2.35. The molecule has 0 aliphatic carbocycles. The fourth-order valence-electron chi connectivity index (χ4n) is 1.76. The Labute approximate surface area is 167 Å².